The fraction of sp³-hybridized carbons (Fsp3) is 0.364. The topological polar surface area (TPSA) is 129 Å². The average Bonchev–Trinajstić information content (AvgIpc) is 2.27. The molecular weight excluding hydrogens is 254 g/mol. The number of rotatable bonds is 5. The first-order chi connectivity index (χ1) is 8.63. The Kier molecular flexibility index (Phi) is 3.83. The van der Waals surface area contributed by atoms with E-state index in [4.69, 9.17) is 5.73 Å². The van der Waals surface area contributed by atoms with E-state index in [9.17, 15) is 25.0 Å². The molecule has 19 heavy (non-hydrogen) atoms. The van der Waals surface area contributed by atoms with Gasteiger partial charge in [-0.25, -0.2) is 0 Å². The monoisotopic (exact) mass is 267 g/mol. The molecule has 0 fully saturated rings. The van der Waals surface area contributed by atoms with Crippen LogP contribution in [0.1, 0.15) is 19.4 Å². The second-order valence-corrected chi connectivity index (χ2v) is 4.80. The molecule has 0 heterocycles. The molecule has 1 rings (SSSR count). The SMILES string of the molecule is CC(C)(Cc1cc([N+](=O)[O-])cc([N+](=O)[O-])c1)C(N)=O. The number of benzene rings is 1. The van der Waals surface area contributed by atoms with Crippen LogP contribution in [0, 0.1) is 25.6 Å². The number of primary amides is 1. The van der Waals surface area contributed by atoms with Gasteiger partial charge in [-0.15, -0.1) is 0 Å². The smallest absolute Gasteiger partial charge is 0.276 e. The van der Waals surface area contributed by atoms with Crippen molar-refractivity contribution in [1.82, 2.24) is 0 Å². The summed E-state index contributed by atoms with van der Waals surface area (Å²) in [6.45, 7) is 3.14. The number of hydrogen-bond donors (Lipinski definition) is 1. The van der Waals surface area contributed by atoms with Crippen LogP contribution in [0.3, 0.4) is 0 Å². The molecule has 8 nitrogen and oxygen atoms in total. The van der Waals surface area contributed by atoms with Gasteiger partial charge >= 0.3 is 0 Å². The Labute approximate surface area is 108 Å². The number of nitrogens with two attached hydrogens (primary N) is 1. The van der Waals surface area contributed by atoms with E-state index in [0.717, 1.165) is 6.07 Å². The van der Waals surface area contributed by atoms with Crippen LogP contribution < -0.4 is 5.73 Å². The molecule has 0 spiro atoms. The number of carbonyl (C=O) groups excluding carboxylic acids is 1. The summed E-state index contributed by atoms with van der Waals surface area (Å²) in [6, 6.07) is 3.29. The summed E-state index contributed by atoms with van der Waals surface area (Å²) in [5, 5.41) is 21.4. The largest absolute Gasteiger partial charge is 0.369 e. The number of nitro benzene ring substituents is 2. The highest BCUT2D eigenvalue weighted by atomic mass is 16.6. The van der Waals surface area contributed by atoms with Crippen molar-refractivity contribution in [1.29, 1.82) is 0 Å². The van der Waals surface area contributed by atoms with Gasteiger partial charge in [0, 0.05) is 17.5 Å². The number of carbonyl (C=O) groups is 1. The van der Waals surface area contributed by atoms with E-state index in [1.165, 1.54) is 12.1 Å². The van der Waals surface area contributed by atoms with Crippen LogP contribution in [0.15, 0.2) is 18.2 Å². The molecule has 0 aliphatic heterocycles. The van der Waals surface area contributed by atoms with E-state index in [-0.39, 0.29) is 17.8 Å². The molecule has 0 unspecified atom stereocenters. The molecule has 0 saturated carbocycles. The highest BCUT2D eigenvalue weighted by Crippen LogP contribution is 2.28. The van der Waals surface area contributed by atoms with Gasteiger partial charge in [0.1, 0.15) is 0 Å². The van der Waals surface area contributed by atoms with Crippen molar-refractivity contribution in [3.8, 4) is 0 Å². The Hall–Kier alpha value is -2.51. The lowest BCUT2D eigenvalue weighted by Gasteiger charge is -2.19. The first-order valence-electron chi connectivity index (χ1n) is 5.36. The fourth-order valence-corrected chi connectivity index (χ4v) is 1.57. The predicted octanol–water partition coefficient (Wildman–Crippen LogP) is 1.56. The van der Waals surface area contributed by atoms with Crippen LogP contribution in [0.4, 0.5) is 11.4 Å². The number of nitrogens with zero attached hydrogens (tertiary/aromatic N) is 2. The number of hydrogen-bond acceptors (Lipinski definition) is 5. The van der Waals surface area contributed by atoms with Crippen molar-refractivity contribution in [2.24, 2.45) is 11.1 Å². The Morgan fingerprint density at radius 3 is 1.89 bits per heavy atom. The highest BCUT2D eigenvalue weighted by molar-refractivity contribution is 5.80. The summed E-state index contributed by atoms with van der Waals surface area (Å²) in [6.07, 6.45) is 0.0881. The molecule has 8 heteroatoms. The molecule has 0 aliphatic rings. The number of nitro groups is 2. The molecule has 102 valence electrons. The van der Waals surface area contributed by atoms with Gasteiger partial charge in [-0.3, -0.25) is 25.0 Å². The zero-order valence-electron chi connectivity index (χ0n) is 10.5. The molecule has 1 aromatic carbocycles. The maximum atomic E-state index is 11.2. The van der Waals surface area contributed by atoms with E-state index in [1.807, 2.05) is 0 Å². The molecule has 0 bridgehead atoms. The summed E-state index contributed by atoms with van der Waals surface area (Å²) >= 11 is 0. The van der Waals surface area contributed by atoms with Gasteiger partial charge in [0.15, 0.2) is 0 Å². The fourth-order valence-electron chi connectivity index (χ4n) is 1.57. The standard InChI is InChI=1S/C11H13N3O5/c1-11(2,10(12)15)6-7-3-8(13(16)17)5-9(4-7)14(18)19/h3-5H,6H2,1-2H3,(H2,12,15). The van der Waals surface area contributed by atoms with Crippen LogP contribution in [0.2, 0.25) is 0 Å². The van der Waals surface area contributed by atoms with Crippen LogP contribution >= 0.6 is 0 Å². The molecule has 2 N–H and O–H groups in total. The summed E-state index contributed by atoms with van der Waals surface area (Å²) < 4.78 is 0. The first kappa shape index (κ1) is 14.6. The third-order valence-electron chi connectivity index (χ3n) is 2.70. The maximum absolute atomic E-state index is 11.2. The molecule has 0 radical (unpaired) electrons. The molecule has 0 aromatic heterocycles. The quantitative estimate of drug-likeness (QED) is 0.639. The Balaban J connectivity index is 3.24. The third-order valence-corrected chi connectivity index (χ3v) is 2.70. The molecule has 0 atom stereocenters. The second kappa shape index (κ2) is 5.01. The van der Waals surface area contributed by atoms with E-state index in [0.29, 0.717) is 5.56 Å². The van der Waals surface area contributed by atoms with E-state index in [2.05, 4.69) is 0 Å². The molecule has 0 saturated heterocycles. The Morgan fingerprint density at radius 1 is 1.16 bits per heavy atom. The van der Waals surface area contributed by atoms with Crippen LogP contribution in [-0.2, 0) is 11.2 Å². The lowest BCUT2D eigenvalue weighted by molar-refractivity contribution is -0.394. The van der Waals surface area contributed by atoms with E-state index < -0.39 is 21.2 Å². The minimum atomic E-state index is -0.941. The Bertz CT molecular complexity index is 521. The number of amides is 1. The van der Waals surface area contributed by atoms with Crippen LogP contribution in [0.25, 0.3) is 0 Å². The van der Waals surface area contributed by atoms with Gasteiger partial charge in [0.25, 0.3) is 11.4 Å². The zero-order valence-corrected chi connectivity index (χ0v) is 10.5. The minimum Gasteiger partial charge on any atom is -0.369 e. The lowest BCUT2D eigenvalue weighted by atomic mass is 9.85. The minimum absolute atomic E-state index is 0.0881. The van der Waals surface area contributed by atoms with Crippen LogP contribution in [0.5, 0.6) is 0 Å². The third kappa shape index (κ3) is 3.47. The van der Waals surface area contributed by atoms with Crippen molar-refractivity contribution in [3.63, 3.8) is 0 Å². The van der Waals surface area contributed by atoms with Crippen molar-refractivity contribution in [2.75, 3.05) is 0 Å². The molecule has 0 aliphatic carbocycles. The van der Waals surface area contributed by atoms with Gasteiger partial charge in [0.05, 0.1) is 15.9 Å². The normalized spacial score (nSPS) is 11.1. The van der Waals surface area contributed by atoms with Crippen molar-refractivity contribution >= 4 is 17.3 Å². The first-order valence-corrected chi connectivity index (χ1v) is 5.36. The highest BCUT2D eigenvalue weighted by Gasteiger charge is 2.27. The second-order valence-electron chi connectivity index (χ2n) is 4.80. The van der Waals surface area contributed by atoms with Gasteiger partial charge in [-0.1, -0.05) is 13.8 Å². The van der Waals surface area contributed by atoms with Gasteiger partial charge in [0.2, 0.25) is 5.91 Å². The van der Waals surface area contributed by atoms with Gasteiger partial charge in [-0.2, -0.15) is 0 Å². The van der Waals surface area contributed by atoms with E-state index in [1.54, 1.807) is 13.8 Å². The summed E-state index contributed by atoms with van der Waals surface area (Å²) in [4.78, 5) is 31.2. The van der Waals surface area contributed by atoms with Crippen LogP contribution in [-0.4, -0.2) is 15.8 Å². The Morgan fingerprint density at radius 2 is 1.58 bits per heavy atom. The van der Waals surface area contributed by atoms with Crippen molar-refractivity contribution < 1.29 is 14.6 Å². The maximum Gasteiger partial charge on any atom is 0.276 e. The van der Waals surface area contributed by atoms with Crippen molar-refractivity contribution in [2.45, 2.75) is 20.3 Å². The molecule has 1 aromatic rings. The summed E-state index contributed by atoms with van der Waals surface area (Å²) in [5.74, 6) is -0.582. The van der Waals surface area contributed by atoms with E-state index >= 15 is 0 Å². The van der Waals surface area contributed by atoms with Gasteiger partial charge < -0.3 is 5.73 Å². The molecule has 1 amide bonds. The summed E-state index contributed by atoms with van der Waals surface area (Å²) in [5.41, 5.74) is 3.82. The zero-order chi connectivity index (χ0) is 14.8. The van der Waals surface area contributed by atoms with Gasteiger partial charge in [-0.05, 0) is 12.0 Å². The summed E-state index contributed by atoms with van der Waals surface area (Å²) in [7, 11) is 0. The number of non-ortho nitro benzene ring substituents is 2. The molecular formula is C11H13N3O5. The average molecular weight is 267 g/mol. The van der Waals surface area contributed by atoms with Crippen molar-refractivity contribution in [3.05, 3.63) is 44.0 Å². The predicted molar refractivity (Wildman–Crippen MR) is 66.4 cm³/mol. The lowest BCUT2D eigenvalue weighted by Crippen LogP contribution is -2.33.